The second-order valence-corrected chi connectivity index (χ2v) is 12.7. The number of nitrogens with zero attached hydrogens (tertiary/aromatic N) is 4. The summed E-state index contributed by atoms with van der Waals surface area (Å²) >= 11 is 1.34. The zero-order chi connectivity index (χ0) is 29.9. The van der Waals surface area contributed by atoms with Crippen molar-refractivity contribution in [1.82, 2.24) is 14.4 Å². The SMILES string of the molecule is CC(C)(C)OC(=O)C=Cc1c(N2CCC[C@H](OC=O)C2)nc2cc(C(=O)Nc3nc(C(C)(C)C)cs3)ccn2c1=O. The van der Waals surface area contributed by atoms with Crippen LogP contribution in [0.5, 0.6) is 0 Å². The number of carbonyl (C=O) groups is 3. The molecule has 3 aromatic heterocycles. The van der Waals surface area contributed by atoms with Gasteiger partial charge in [0.25, 0.3) is 17.9 Å². The molecule has 1 saturated heterocycles. The first kappa shape index (κ1) is 29.9. The molecule has 41 heavy (non-hydrogen) atoms. The lowest BCUT2D eigenvalue weighted by Crippen LogP contribution is -2.41. The Bertz CT molecular complexity index is 1550. The zero-order valence-corrected chi connectivity index (χ0v) is 24.9. The molecule has 3 aromatic rings. The van der Waals surface area contributed by atoms with Gasteiger partial charge >= 0.3 is 5.97 Å². The Morgan fingerprint density at radius 3 is 2.59 bits per heavy atom. The van der Waals surface area contributed by atoms with Gasteiger partial charge in [0.05, 0.1) is 17.8 Å². The van der Waals surface area contributed by atoms with Crippen molar-refractivity contribution in [2.24, 2.45) is 0 Å². The molecule has 218 valence electrons. The van der Waals surface area contributed by atoms with Gasteiger partial charge in [-0.25, -0.2) is 14.8 Å². The lowest BCUT2D eigenvalue weighted by atomic mass is 9.93. The fourth-order valence-corrected chi connectivity index (χ4v) is 5.25. The summed E-state index contributed by atoms with van der Waals surface area (Å²) in [4.78, 5) is 61.2. The molecule has 0 aromatic carbocycles. The highest BCUT2D eigenvalue weighted by Gasteiger charge is 2.26. The molecule has 1 amide bonds. The minimum Gasteiger partial charge on any atom is -0.463 e. The molecule has 0 unspecified atom stereocenters. The Morgan fingerprint density at radius 1 is 1.17 bits per heavy atom. The van der Waals surface area contributed by atoms with Crippen LogP contribution in [-0.2, 0) is 24.5 Å². The van der Waals surface area contributed by atoms with E-state index >= 15 is 0 Å². The molecule has 0 spiro atoms. The van der Waals surface area contributed by atoms with Crippen LogP contribution in [0.25, 0.3) is 11.7 Å². The number of pyridine rings is 1. The molecule has 1 N–H and O–H groups in total. The number of anilines is 2. The number of hydrogen-bond donors (Lipinski definition) is 1. The lowest BCUT2D eigenvalue weighted by Gasteiger charge is -2.33. The third-order valence-corrected chi connectivity index (χ3v) is 7.08. The summed E-state index contributed by atoms with van der Waals surface area (Å²) in [6, 6.07) is 3.06. The third kappa shape index (κ3) is 7.37. The monoisotopic (exact) mass is 581 g/mol. The number of nitrogens with one attached hydrogen (secondary N) is 1. The van der Waals surface area contributed by atoms with Gasteiger partial charge in [0.2, 0.25) is 0 Å². The molecule has 1 fully saturated rings. The van der Waals surface area contributed by atoms with Gasteiger partial charge in [-0.2, -0.15) is 0 Å². The summed E-state index contributed by atoms with van der Waals surface area (Å²) in [6.45, 7) is 12.7. The van der Waals surface area contributed by atoms with Crippen molar-refractivity contribution in [1.29, 1.82) is 0 Å². The van der Waals surface area contributed by atoms with E-state index in [0.29, 0.717) is 48.9 Å². The van der Waals surface area contributed by atoms with E-state index in [1.165, 1.54) is 46.2 Å². The Kier molecular flexibility index (Phi) is 8.62. The summed E-state index contributed by atoms with van der Waals surface area (Å²) in [6.07, 6.45) is 5.10. The molecule has 12 heteroatoms. The normalized spacial score (nSPS) is 16.1. The largest absolute Gasteiger partial charge is 0.463 e. The summed E-state index contributed by atoms with van der Waals surface area (Å²) in [7, 11) is 0. The number of fused-ring (bicyclic) bond motifs is 1. The molecule has 1 aliphatic heterocycles. The van der Waals surface area contributed by atoms with Gasteiger partial charge in [-0.1, -0.05) is 20.8 Å². The fraction of sp³-hybridized carbons (Fsp3) is 0.448. The minimum atomic E-state index is -0.697. The Morgan fingerprint density at radius 2 is 1.93 bits per heavy atom. The van der Waals surface area contributed by atoms with Gasteiger partial charge in [-0.05, 0) is 51.8 Å². The standard InChI is InChI=1S/C29H35N5O6S/c1-28(2,3)21-16-41-27(30-21)32-25(37)18-11-13-34-22(14-18)31-24(33-12-7-8-19(15-33)39-17-35)20(26(34)38)9-10-23(36)40-29(4,5)6/h9-11,13-14,16-17,19H,7-8,12,15H2,1-6H3,(H,30,32,37)/t19-/m0/s1. The predicted molar refractivity (Wildman–Crippen MR) is 157 cm³/mol. The number of rotatable bonds is 7. The van der Waals surface area contributed by atoms with Crippen molar-refractivity contribution >= 4 is 52.4 Å². The maximum absolute atomic E-state index is 13.7. The van der Waals surface area contributed by atoms with Crippen LogP contribution in [0.3, 0.4) is 0 Å². The number of aromatic nitrogens is 3. The van der Waals surface area contributed by atoms with Crippen LogP contribution in [0.1, 0.15) is 76.0 Å². The topological polar surface area (TPSA) is 132 Å². The van der Waals surface area contributed by atoms with E-state index in [-0.39, 0.29) is 28.6 Å². The second-order valence-electron chi connectivity index (χ2n) is 11.8. The zero-order valence-electron chi connectivity index (χ0n) is 24.1. The van der Waals surface area contributed by atoms with Crippen LogP contribution in [0, 0.1) is 0 Å². The first-order valence-electron chi connectivity index (χ1n) is 13.3. The second kappa shape index (κ2) is 11.8. The highest BCUT2D eigenvalue weighted by atomic mass is 32.1. The van der Waals surface area contributed by atoms with E-state index in [2.05, 4.69) is 10.3 Å². The maximum atomic E-state index is 13.7. The lowest BCUT2D eigenvalue weighted by molar-refractivity contribution is -0.148. The molecule has 0 radical (unpaired) electrons. The van der Waals surface area contributed by atoms with Gasteiger partial charge in [-0.15, -0.1) is 11.3 Å². The van der Waals surface area contributed by atoms with Crippen molar-refractivity contribution in [3.8, 4) is 0 Å². The molecule has 0 saturated carbocycles. The number of ether oxygens (including phenoxy) is 2. The van der Waals surface area contributed by atoms with Gasteiger partial charge < -0.3 is 14.4 Å². The molecule has 0 bridgehead atoms. The van der Waals surface area contributed by atoms with Crippen LogP contribution >= 0.6 is 11.3 Å². The third-order valence-electron chi connectivity index (χ3n) is 6.32. The van der Waals surface area contributed by atoms with Crippen molar-refractivity contribution in [3.63, 3.8) is 0 Å². The summed E-state index contributed by atoms with van der Waals surface area (Å²) in [5, 5.41) is 5.21. The quantitative estimate of drug-likeness (QED) is 0.248. The van der Waals surface area contributed by atoms with E-state index < -0.39 is 17.1 Å². The smallest absolute Gasteiger partial charge is 0.331 e. The Labute approximate surface area is 242 Å². The Hall–Kier alpha value is -4.06. The molecule has 0 aliphatic carbocycles. The van der Waals surface area contributed by atoms with Crippen molar-refractivity contribution < 1.29 is 23.9 Å². The van der Waals surface area contributed by atoms with Gasteiger partial charge in [0.1, 0.15) is 23.2 Å². The van der Waals surface area contributed by atoms with E-state index in [0.717, 1.165) is 5.69 Å². The summed E-state index contributed by atoms with van der Waals surface area (Å²) < 4.78 is 11.9. The maximum Gasteiger partial charge on any atom is 0.331 e. The van der Waals surface area contributed by atoms with E-state index in [4.69, 9.17) is 14.5 Å². The number of carbonyl (C=O) groups excluding carboxylic acids is 3. The van der Waals surface area contributed by atoms with Gasteiger partial charge in [-0.3, -0.25) is 24.1 Å². The Balaban J connectivity index is 1.72. The first-order chi connectivity index (χ1) is 19.2. The predicted octanol–water partition coefficient (Wildman–Crippen LogP) is 4.20. The number of piperidine rings is 1. The molecule has 1 aliphatic rings. The number of hydrogen-bond acceptors (Lipinski definition) is 10. The average molecular weight is 582 g/mol. The molecule has 4 heterocycles. The van der Waals surface area contributed by atoms with Crippen LogP contribution < -0.4 is 15.8 Å². The van der Waals surface area contributed by atoms with Crippen LogP contribution in [0.15, 0.2) is 34.6 Å². The molecular formula is C29H35N5O6S. The summed E-state index contributed by atoms with van der Waals surface area (Å²) in [5.74, 6) is -0.664. The van der Waals surface area contributed by atoms with Gasteiger partial charge in [0, 0.05) is 35.2 Å². The number of amides is 1. The van der Waals surface area contributed by atoms with E-state index in [1.54, 1.807) is 20.8 Å². The summed E-state index contributed by atoms with van der Waals surface area (Å²) in [5.41, 5.74) is 0.327. The number of esters is 1. The minimum absolute atomic E-state index is 0.149. The number of thiazole rings is 1. The highest BCUT2D eigenvalue weighted by Crippen LogP contribution is 2.27. The van der Waals surface area contributed by atoms with Crippen molar-refractivity contribution in [2.75, 3.05) is 23.3 Å². The molecule has 1 atom stereocenters. The van der Waals surface area contributed by atoms with Crippen LogP contribution in [-0.4, -0.2) is 57.5 Å². The van der Waals surface area contributed by atoms with E-state index in [1.807, 2.05) is 31.1 Å². The van der Waals surface area contributed by atoms with Gasteiger partial charge in [0.15, 0.2) is 5.13 Å². The molecule has 4 rings (SSSR count). The van der Waals surface area contributed by atoms with Crippen LogP contribution in [0.2, 0.25) is 0 Å². The molecule has 11 nitrogen and oxygen atoms in total. The first-order valence-corrected chi connectivity index (χ1v) is 14.2. The van der Waals surface area contributed by atoms with Crippen molar-refractivity contribution in [2.45, 2.75) is 71.5 Å². The average Bonchev–Trinajstić information content (AvgIpc) is 3.36. The molecular weight excluding hydrogens is 546 g/mol. The van der Waals surface area contributed by atoms with E-state index in [9.17, 15) is 19.2 Å². The van der Waals surface area contributed by atoms with Crippen molar-refractivity contribution in [3.05, 3.63) is 57.0 Å². The highest BCUT2D eigenvalue weighted by molar-refractivity contribution is 7.14. The van der Waals surface area contributed by atoms with Crippen LogP contribution in [0.4, 0.5) is 10.9 Å². The fourth-order valence-electron chi connectivity index (χ4n) is 4.32.